The molecule has 1 N–H and O–H groups in total. The number of piperidine rings is 1. The lowest BCUT2D eigenvalue weighted by Crippen LogP contribution is -2.32. The maximum atomic E-state index is 12.0. The van der Waals surface area contributed by atoms with E-state index >= 15 is 0 Å². The third-order valence-corrected chi connectivity index (χ3v) is 5.07. The second-order valence-electron chi connectivity index (χ2n) is 7.03. The average Bonchev–Trinajstić information content (AvgIpc) is 3.11. The SMILES string of the molecule is CC1CCN(c2ccc(NC(=O)CC(=O)N3CCCC3)cc2)CC1. The molecule has 0 aliphatic carbocycles. The van der Waals surface area contributed by atoms with Crippen molar-refractivity contribution in [3.63, 3.8) is 0 Å². The summed E-state index contributed by atoms with van der Waals surface area (Å²) in [7, 11) is 0. The fraction of sp³-hybridized carbons (Fsp3) is 0.579. The van der Waals surface area contributed by atoms with Crippen LogP contribution in [0.3, 0.4) is 0 Å². The smallest absolute Gasteiger partial charge is 0.233 e. The predicted molar refractivity (Wildman–Crippen MR) is 96.1 cm³/mol. The van der Waals surface area contributed by atoms with Gasteiger partial charge in [0.25, 0.3) is 0 Å². The van der Waals surface area contributed by atoms with Gasteiger partial charge in [0.15, 0.2) is 0 Å². The molecule has 2 aliphatic rings. The van der Waals surface area contributed by atoms with Gasteiger partial charge < -0.3 is 15.1 Å². The van der Waals surface area contributed by atoms with E-state index in [1.807, 2.05) is 24.3 Å². The maximum Gasteiger partial charge on any atom is 0.233 e. The van der Waals surface area contributed by atoms with Gasteiger partial charge >= 0.3 is 0 Å². The minimum absolute atomic E-state index is 0.0637. The second-order valence-corrected chi connectivity index (χ2v) is 7.03. The molecule has 2 heterocycles. The van der Waals surface area contributed by atoms with Crippen LogP contribution in [0.25, 0.3) is 0 Å². The van der Waals surface area contributed by atoms with E-state index in [0.717, 1.165) is 50.6 Å². The Labute approximate surface area is 144 Å². The summed E-state index contributed by atoms with van der Waals surface area (Å²) in [6.07, 6.45) is 4.49. The molecule has 1 aromatic carbocycles. The normalized spacial score (nSPS) is 18.7. The molecule has 2 amide bonds. The largest absolute Gasteiger partial charge is 0.372 e. The Morgan fingerprint density at radius 1 is 1.04 bits per heavy atom. The monoisotopic (exact) mass is 329 g/mol. The summed E-state index contributed by atoms with van der Waals surface area (Å²) < 4.78 is 0. The molecule has 0 saturated carbocycles. The first-order valence-corrected chi connectivity index (χ1v) is 9.04. The molecule has 1 aromatic rings. The first kappa shape index (κ1) is 16.8. The van der Waals surface area contributed by atoms with Gasteiger partial charge in [-0.25, -0.2) is 0 Å². The Bertz CT molecular complexity index is 571. The summed E-state index contributed by atoms with van der Waals surface area (Å²) in [4.78, 5) is 28.2. The summed E-state index contributed by atoms with van der Waals surface area (Å²) in [6, 6.07) is 7.94. The molecule has 0 aromatic heterocycles. The molecule has 2 aliphatic heterocycles. The summed E-state index contributed by atoms with van der Waals surface area (Å²) in [5.41, 5.74) is 1.95. The molecule has 2 fully saturated rings. The van der Waals surface area contributed by atoms with Gasteiger partial charge in [-0.15, -0.1) is 0 Å². The number of anilines is 2. The molecule has 0 unspecified atom stereocenters. The first-order valence-electron chi connectivity index (χ1n) is 9.04. The van der Waals surface area contributed by atoms with E-state index in [1.54, 1.807) is 4.90 Å². The molecule has 130 valence electrons. The number of hydrogen-bond acceptors (Lipinski definition) is 3. The first-order chi connectivity index (χ1) is 11.6. The van der Waals surface area contributed by atoms with Crippen molar-refractivity contribution in [2.24, 2.45) is 5.92 Å². The Hall–Kier alpha value is -2.04. The molecule has 2 saturated heterocycles. The average molecular weight is 329 g/mol. The van der Waals surface area contributed by atoms with Gasteiger partial charge in [0.2, 0.25) is 11.8 Å². The van der Waals surface area contributed by atoms with Crippen molar-refractivity contribution in [2.75, 3.05) is 36.4 Å². The van der Waals surface area contributed by atoms with Crippen LogP contribution in [0, 0.1) is 5.92 Å². The number of carbonyl (C=O) groups excluding carboxylic acids is 2. The quantitative estimate of drug-likeness (QED) is 0.864. The van der Waals surface area contributed by atoms with Crippen molar-refractivity contribution in [1.29, 1.82) is 0 Å². The minimum atomic E-state index is -0.230. The van der Waals surface area contributed by atoms with Crippen molar-refractivity contribution in [2.45, 2.75) is 39.0 Å². The number of carbonyl (C=O) groups is 2. The van der Waals surface area contributed by atoms with E-state index in [0.29, 0.717) is 0 Å². The zero-order chi connectivity index (χ0) is 16.9. The fourth-order valence-electron chi connectivity index (χ4n) is 3.44. The van der Waals surface area contributed by atoms with Crippen molar-refractivity contribution < 1.29 is 9.59 Å². The van der Waals surface area contributed by atoms with Crippen molar-refractivity contribution in [3.05, 3.63) is 24.3 Å². The number of nitrogens with zero attached hydrogens (tertiary/aromatic N) is 2. The number of benzene rings is 1. The standard InChI is InChI=1S/C19H27N3O2/c1-15-8-12-21(13-9-15)17-6-4-16(5-7-17)20-18(23)14-19(24)22-10-2-3-11-22/h4-7,15H,2-3,8-14H2,1H3,(H,20,23). The molecule has 0 spiro atoms. The van der Waals surface area contributed by atoms with Gasteiger partial charge in [0, 0.05) is 37.6 Å². The van der Waals surface area contributed by atoms with E-state index in [2.05, 4.69) is 17.1 Å². The maximum absolute atomic E-state index is 12.0. The highest BCUT2D eigenvalue weighted by Crippen LogP contribution is 2.24. The third kappa shape index (κ3) is 4.28. The van der Waals surface area contributed by atoms with Crippen LogP contribution in [-0.4, -0.2) is 42.9 Å². The Balaban J connectivity index is 1.50. The van der Waals surface area contributed by atoms with E-state index < -0.39 is 0 Å². The lowest BCUT2D eigenvalue weighted by Gasteiger charge is -2.32. The minimum Gasteiger partial charge on any atom is -0.372 e. The predicted octanol–water partition coefficient (Wildman–Crippen LogP) is 2.87. The van der Waals surface area contributed by atoms with Gasteiger partial charge in [-0.3, -0.25) is 9.59 Å². The van der Waals surface area contributed by atoms with Crippen LogP contribution >= 0.6 is 0 Å². The van der Waals surface area contributed by atoms with Crippen LogP contribution in [-0.2, 0) is 9.59 Å². The number of amides is 2. The van der Waals surface area contributed by atoms with Crippen molar-refractivity contribution in [3.8, 4) is 0 Å². The van der Waals surface area contributed by atoms with Crippen molar-refractivity contribution >= 4 is 23.2 Å². The zero-order valence-electron chi connectivity index (χ0n) is 14.5. The molecule has 5 nitrogen and oxygen atoms in total. The Kier molecular flexibility index (Phi) is 5.38. The van der Waals surface area contributed by atoms with Crippen molar-refractivity contribution in [1.82, 2.24) is 4.90 Å². The van der Waals surface area contributed by atoms with Crippen LogP contribution in [0.1, 0.15) is 39.0 Å². The highest BCUT2D eigenvalue weighted by atomic mass is 16.2. The molecular weight excluding hydrogens is 302 g/mol. The van der Waals surface area contributed by atoms with Gasteiger partial charge in [-0.2, -0.15) is 0 Å². The van der Waals surface area contributed by atoms with E-state index in [-0.39, 0.29) is 18.2 Å². The highest BCUT2D eigenvalue weighted by molar-refractivity contribution is 6.03. The van der Waals surface area contributed by atoms with E-state index in [1.165, 1.54) is 18.5 Å². The van der Waals surface area contributed by atoms with Crippen LogP contribution in [0.4, 0.5) is 11.4 Å². The lowest BCUT2D eigenvalue weighted by atomic mass is 9.99. The number of nitrogens with one attached hydrogen (secondary N) is 1. The third-order valence-electron chi connectivity index (χ3n) is 5.07. The van der Waals surface area contributed by atoms with Gasteiger partial charge in [-0.05, 0) is 55.9 Å². The summed E-state index contributed by atoms with van der Waals surface area (Å²) in [5, 5.41) is 2.83. The Morgan fingerprint density at radius 3 is 2.29 bits per heavy atom. The van der Waals surface area contributed by atoms with E-state index in [4.69, 9.17) is 0 Å². The summed E-state index contributed by atoms with van der Waals surface area (Å²) in [5.74, 6) is 0.517. The number of rotatable bonds is 4. The number of likely N-dealkylation sites (tertiary alicyclic amines) is 1. The van der Waals surface area contributed by atoms with Gasteiger partial charge in [-0.1, -0.05) is 6.92 Å². The molecule has 3 rings (SSSR count). The molecule has 5 heteroatoms. The summed E-state index contributed by atoms with van der Waals surface area (Å²) >= 11 is 0. The lowest BCUT2D eigenvalue weighted by molar-refractivity contribution is -0.133. The Morgan fingerprint density at radius 2 is 1.67 bits per heavy atom. The second kappa shape index (κ2) is 7.69. The molecular formula is C19H27N3O2. The highest BCUT2D eigenvalue weighted by Gasteiger charge is 2.20. The van der Waals surface area contributed by atoms with E-state index in [9.17, 15) is 9.59 Å². The van der Waals surface area contributed by atoms with Crippen LogP contribution in [0.2, 0.25) is 0 Å². The van der Waals surface area contributed by atoms with Gasteiger partial charge in [0.05, 0.1) is 0 Å². The fourth-order valence-corrected chi connectivity index (χ4v) is 3.44. The van der Waals surface area contributed by atoms with Crippen LogP contribution in [0.15, 0.2) is 24.3 Å². The number of hydrogen-bond donors (Lipinski definition) is 1. The molecule has 0 atom stereocenters. The van der Waals surface area contributed by atoms with Gasteiger partial charge in [0.1, 0.15) is 6.42 Å². The van der Waals surface area contributed by atoms with Crippen LogP contribution < -0.4 is 10.2 Å². The molecule has 0 bridgehead atoms. The molecule has 24 heavy (non-hydrogen) atoms. The van der Waals surface area contributed by atoms with Crippen LogP contribution in [0.5, 0.6) is 0 Å². The molecule has 0 radical (unpaired) electrons. The summed E-state index contributed by atoms with van der Waals surface area (Å²) in [6.45, 7) is 6.07. The zero-order valence-corrected chi connectivity index (χ0v) is 14.5. The topological polar surface area (TPSA) is 52.7 Å².